The summed E-state index contributed by atoms with van der Waals surface area (Å²) in [4.78, 5) is 38.2. The first-order valence-corrected chi connectivity index (χ1v) is 6.08. The highest BCUT2D eigenvalue weighted by molar-refractivity contribution is 5.99. The van der Waals surface area contributed by atoms with Gasteiger partial charge in [0.2, 0.25) is 5.91 Å². The zero-order valence-electron chi connectivity index (χ0n) is 11.6. The van der Waals surface area contributed by atoms with E-state index in [1.165, 1.54) is 18.0 Å². The van der Waals surface area contributed by atoms with Gasteiger partial charge in [0.05, 0.1) is 5.69 Å². The van der Waals surface area contributed by atoms with E-state index in [0.717, 1.165) is 0 Å². The third kappa shape index (κ3) is 3.74. The lowest BCUT2D eigenvalue weighted by Gasteiger charge is -2.20. The lowest BCUT2D eigenvalue weighted by atomic mass is 10.3. The summed E-state index contributed by atoms with van der Waals surface area (Å²) < 4.78 is 0. The third-order valence-corrected chi connectivity index (χ3v) is 2.69. The molecule has 0 atom stereocenters. The highest BCUT2D eigenvalue weighted by Crippen LogP contribution is 2.17. The van der Waals surface area contributed by atoms with Crippen LogP contribution in [0.1, 0.15) is 23.1 Å². The topological polar surface area (TPSA) is 115 Å². The van der Waals surface area contributed by atoms with Crippen LogP contribution < -0.4 is 10.6 Å². The highest BCUT2D eigenvalue weighted by atomic mass is 16.4. The fraction of sp³-hybridized carbons (Fsp3) is 0.417. The van der Waals surface area contributed by atoms with Crippen molar-refractivity contribution in [2.24, 2.45) is 0 Å². The average Bonchev–Trinajstić information content (AvgIpc) is 2.76. The van der Waals surface area contributed by atoms with Crippen LogP contribution in [-0.2, 0) is 4.79 Å². The molecule has 0 aromatic carbocycles. The molecule has 0 spiro atoms. The van der Waals surface area contributed by atoms with Gasteiger partial charge < -0.3 is 25.6 Å². The van der Waals surface area contributed by atoms with Crippen molar-refractivity contribution in [3.8, 4) is 0 Å². The van der Waals surface area contributed by atoms with Gasteiger partial charge in [0.1, 0.15) is 12.2 Å². The molecule has 8 nitrogen and oxygen atoms in total. The lowest BCUT2D eigenvalue weighted by molar-refractivity contribution is -0.121. The minimum Gasteiger partial charge on any atom is -0.477 e. The van der Waals surface area contributed by atoms with E-state index in [1.807, 2.05) is 0 Å². The van der Waals surface area contributed by atoms with Gasteiger partial charge in [-0.3, -0.25) is 4.79 Å². The number of aromatic carboxylic acids is 1. The van der Waals surface area contributed by atoms with E-state index in [2.05, 4.69) is 15.6 Å². The van der Waals surface area contributed by atoms with E-state index in [-0.39, 0.29) is 23.8 Å². The molecule has 0 bridgehead atoms. The maximum atomic E-state index is 12.0. The summed E-state index contributed by atoms with van der Waals surface area (Å²) in [5.41, 5.74) is 0.703. The largest absolute Gasteiger partial charge is 0.477 e. The van der Waals surface area contributed by atoms with E-state index in [0.29, 0.717) is 12.2 Å². The van der Waals surface area contributed by atoms with Gasteiger partial charge in [0.25, 0.3) is 0 Å². The number of aromatic nitrogens is 1. The van der Waals surface area contributed by atoms with Gasteiger partial charge in [-0.15, -0.1) is 0 Å². The van der Waals surface area contributed by atoms with Gasteiger partial charge in [-0.2, -0.15) is 0 Å². The molecule has 8 heteroatoms. The molecule has 1 rings (SSSR count). The number of aryl methyl sites for hydroxylation is 1. The lowest BCUT2D eigenvalue weighted by Crippen LogP contribution is -2.41. The number of anilines is 1. The second kappa shape index (κ2) is 6.60. The highest BCUT2D eigenvalue weighted by Gasteiger charge is 2.19. The van der Waals surface area contributed by atoms with E-state index >= 15 is 0 Å². The number of carbonyl (C=O) groups excluding carboxylic acids is 2. The Morgan fingerprint density at radius 2 is 2.05 bits per heavy atom. The molecule has 3 amide bonds. The van der Waals surface area contributed by atoms with Gasteiger partial charge in [-0.05, 0) is 19.9 Å². The summed E-state index contributed by atoms with van der Waals surface area (Å²) in [7, 11) is 1.48. The molecule has 0 aliphatic carbocycles. The fourth-order valence-corrected chi connectivity index (χ4v) is 1.63. The standard InChI is InChI=1S/C12H18N4O4/c1-4-16(6-9(17)13-3)12(20)15-8-5-7(2)14-10(8)11(18)19/h5,14H,4,6H2,1-3H3,(H,13,17)(H,15,20)(H,18,19). The van der Waals surface area contributed by atoms with Crippen LogP contribution in [0.5, 0.6) is 0 Å². The predicted octanol–water partition coefficient (Wildman–Crippen LogP) is 0.621. The summed E-state index contributed by atoms with van der Waals surface area (Å²) >= 11 is 0. The number of hydrogen-bond donors (Lipinski definition) is 4. The Morgan fingerprint density at radius 3 is 2.55 bits per heavy atom. The van der Waals surface area contributed by atoms with Gasteiger partial charge in [-0.25, -0.2) is 9.59 Å². The molecule has 110 valence electrons. The van der Waals surface area contributed by atoms with Crippen LogP contribution in [0.4, 0.5) is 10.5 Å². The Balaban J connectivity index is 2.83. The van der Waals surface area contributed by atoms with E-state index < -0.39 is 12.0 Å². The normalized spacial score (nSPS) is 9.95. The molecule has 20 heavy (non-hydrogen) atoms. The van der Waals surface area contributed by atoms with Crippen LogP contribution in [0.2, 0.25) is 0 Å². The number of likely N-dealkylation sites (N-methyl/N-ethyl adjacent to an activating group) is 2. The molecule has 0 radical (unpaired) electrons. The monoisotopic (exact) mass is 282 g/mol. The van der Waals surface area contributed by atoms with E-state index in [4.69, 9.17) is 5.11 Å². The molecule has 0 saturated heterocycles. The van der Waals surface area contributed by atoms with Gasteiger partial charge >= 0.3 is 12.0 Å². The maximum absolute atomic E-state index is 12.0. The Labute approximate surface area is 116 Å². The number of urea groups is 1. The number of H-pyrrole nitrogens is 1. The summed E-state index contributed by atoms with van der Waals surface area (Å²) in [5, 5.41) is 13.9. The van der Waals surface area contributed by atoms with Crippen molar-refractivity contribution >= 4 is 23.6 Å². The van der Waals surface area contributed by atoms with Crippen molar-refractivity contribution in [3.05, 3.63) is 17.5 Å². The van der Waals surface area contributed by atoms with Crippen LogP contribution in [0, 0.1) is 6.92 Å². The molecule has 0 saturated carbocycles. The van der Waals surface area contributed by atoms with Crippen LogP contribution >= 0.6 is 0 Å². The molecule has 4 N–H and O–H groups in total. The number of carboxylic acids is 1. The number of hydrogen-bond acceptors (Lipinski definition) is 3. The second-order valence-corrected chi connectivity index (χ2v) is 4.16. The van der Waals surface area contributed by atoms with Gasteiger partial charge in [0.15, 0.2) is 0 Å². The SMILES string of the molecule is CCN(CC(=O)NC)C(=O)Nc1cc(C)[nH]c1C(=O)O. The van der Waals surface area contributed by atoms with Crippen LogP contribution in [-0.4, -0.2) is 53.0 Å². The predicted molar refractivity (Wildman–Crippen MR) is 72.8 cm³/mol. The zero-order valence-corrected chi connectivity index (χ0v) is 11.6. The van der Waals surface area contributed by atoms with Crippen molar-refractivity contribution in [3.63, 3.8) is 0 Å². The van der Waals surface area contributed by atoms with Gasteiger partial charge in [-0.1, -0.05) is 0 Å². The Kier molecular flexibility index (Phi) is 5.13. The summed E-state index contributed by atoms with van der Waals surface area (Å²) in [6.07, 6.45) is 0. The first kappa shape index (κ1) is 15.5. The number of nitrogens with zero attached hydrogens (tertiary/aromatic N) is 1. The van der Waals surface area contributed by atoms with Crippen molar-refractivity contribution in [2.75, 3.05) is 25.5 Å². The smallest absolute Gasteiger partial charge is 0.354 e. The summed E-state index contributed by atoms with van der Waals surface area (Å²) in [5.74, 6) is -1.46. The summed E-state index contributed by atoms with van der Waals surface area (Å²) in [6, 6.07) is 0.993. The number of rotatable bonds is 5. The molecule has 1 heterocycles. The number of aromatic amines is 1. The maximum Gasteiger partial charge on any atom is 0.354 e. The van der Waals surface area contributed by atoms with Crippen molar-refractivity contribution < 1.29 is 19.5 Å². The first-order valence-electron chi connectivity index (χ1n) is 6.08. The molecule has 0 fully saturated rings. The molecule has 0 aliphatic rings. The molecule has 0 aliphatic heterocycles. The Bertz CT molecular complexity index is 524. The number of carbonyl (C=O) groups is 3. The second-order valence-electron chi connectivity index (χ2n) is 4.16. The average molecular weight is 282 g/mol. The minimum atomic E-state index is -1.16. The number of carboxylic acid groups (broad SMARTS) is 1. The third-order valence-electron chi connectivity index (χ3n) is 2.69. The Morgan fingerprint density at radius 1 is 1.40 bits per heavy atom. The summed E-state index contributed by atoms with van der Waals surface area (Å²) in [6.45, 7) is 3.64. The van der Waals surface area contributed by atoms with E-state index in [9.17, 15) is 14.4 Å². The van der Waals surface area contributed by atoms with Crippen molar-refractivity contribution in [1.29, 1.82) is 0 Å². The van der Waals surface area contributed by atoms with Crippen LogP contribution in [0.3, 0.4) is 0 Å². The van der Waals surface area contributed by atoms with Crippen molar-refractivity contribution in [1.82, 2.24) is 15.2 Å². The minimum absolute atomic E-state index is 0.0909. The van der Waals surface area contributed by atoms with E-state index in [1.54, 1.807) is 13.8 Å². The quantitative estimate of drug-likeness (QED) is 0.633. The zero-order chi connectivity index (χ0) is 15.3. The number of amides is 3. The van der Waals surface area contributed by atoms with Crippen molar-refractivity contribution in [2.45, 2.75) is 13.8 Å². The molecule has 1 aromatic heterocycles. The molecule has 1 aromatic rings. The molecular weight excluding hydrogens is 264 g/mol. The first-order chi connectivity index (χ1) is 9.38. The van der Waals surface area contributed by atoms with Gasteiger partial charge in [0, 0.05) is 19.3 Å². The number of nitrogens with one attached hydrogen (secondary N) is 3. The fourth-order valence-electron chi connectivity index (χ4n) is 1.63. The molecular formula is C12H18N4O4. The Hall–Kier alpha value is -2.51. The van der Waals surface area contributed by atoms with Crippen LogP contribution in [0.15, 0.2) is 6.07 Å². The van der Waals surface area contributed by atoms with Crippen LogP contribution in [0.25, 0.3) is 0 Å². The molecule has 0 unspecified atom stereocenters.